The maximum absolute atomic E-state index is 12.6. The fraction of sp³-hybridized carbons (Fsp3) is 0.318. The van der Waals surface area contributed by atoms with Crippen LogP contribution in [-0.2, 0) is 0 Å². The first-order valence-corrected chi connectivity index (χ1v) is 11.2. The molecule has 1 aromatic carbocycles. The normalized spacial score (nSPS) is 13.0. The number of nitrogens with one attached hydrogen (secondary N) is 2. The van der Waals surface area contributed by atoms with E-state index in [-0.39, 0.29) is 29.9 Å². The zero-order valence-corrected chi connectivity index (χ0v) is 20.3. The zero-order valence-electron chi connectivity index (χ0n) is 18.7. The van der Waals surface area contributed by atoms with Crippen LogP contribution in [0, 0.1) is 6.92 Å². The number of carbonyl (C=O) groups is 1. The highest BCUT2D eigenvalue weighted by atomic mass is 79.9. The summed E-state index contributed by atoms with van der Waals surface area (Å²) in [6.07, 6.45) is 0.734. The van der Waals surface area contributed by atoms with Gasteiger partial charge in [-0.2, -0.15) is 0 Å². The van der Waals surface area contributed by atoms with Gasteiger partial charge in [-0.3, -0.25) is 4.79 Å². The number of hydrogen-bond donors (Lipinski definition) is 3. The molecule has 0 radical (unpaired) electrons. The molecule has 2 aromatic heterocycles. The van der Waals surface area contributed by atoms with E-state index in [4.69, 9.17) is 4.42 Å². The second-order valence-corrected chi connectivity index (χ2v) is 8.58. The number of amides is 1. The highest BCUT2D eigenvalue weighted by Crippen LogP contribution is 2.36. The summed E-state index contributed by atoms with van der Waals surface area (Å²) in [5, 5.41) is 17.4. The predicted octanol–water partition coefficient (Wildman–Crippen LogP) is 3.07. The number of halogens is 1. The van der Waals surface area contributed by atoms with Crippen LogP contribution in [0.4, 0.5) is 17.3 Å². The Morgan fingerprint density at radius 2 is 1.88 bits per heavy atom. The number of aryl methyl sites for hydroxylation is 1. The molecule has 3 heterocycles. The molecule has 0 saturated heterocycles. The van der Waals surface area contributed by atoms with E-state index in [0.29, 0.717) is 32.8 Å². The lowest BCUT2D eigenvalue weighted by molar-refractivity contribution is 0.0824. The SMILES string of the molecule is CC[C@@H](Nc1nc2c(nc1Nc1ccc(Br)c(C(=O)N(C)C)c1O)=NCN=2)c1ccc(C)o1. The van der Waals surface area contributed by atoms with Gasteiger partial charge in [-0.05, 0) is 53.5 Å². The molecule has 1 aliphatic rings. The van der Waals surface area contributed by atoms with Crippen molar-refractivity contribution in [1.82, 2.24) is 14.9 Å². The topological polar surface area (TPSA) is 128 Å². The van der Waals surface area contributed by atoms with Crippen molar-refractivity contribution in [2.45, 2.75) is 26.3 Å². The molecule has 0 unspecified atom stereocenters. The molecule has 0 bridgehead atoms. The van der Waals surface area contributed by atoms with Gasteiger partial charge in [0.05, 0.1) is 17.3 Å². The van der Waals surface area contributed by atoms with Crippen molar-refractivity contribution >= 4 is 39.2 Å². The van der Waals surface area contributed by atoms with Crippen LogP contribution in [0.5, 0.6) is 5.75 Å². The van der Waals surface area contributed by atoms with Gasteiger partial charge in [0.25, 0.3) is 5.91 Å². The molecule has 0 aliphatic carbocycles. The fourth-order valence-electron chi connectivity index (χ4n) is 3.39. The summed E-state index contributed by atoms with van der Waals surface area (Å²) in [5.74, 6) is 1.82. The maximum Gasteiger partial charge on any atom is 0.258 e. The van der Waals surface area contributed by atoms with E-state index in [0.717, 1.165) is 17.9 Å². The van der Waals surface area contributed by atoms with Gasteiger partial charge in [0.15, 0.2) is 28.4 Å². The lowest BCUT2D eigenvalue weighted by Gasteiger charge is -2.19. The average molecular weight is 514 g/mol. The molecule has 0 fully saturated rings. The van der Waals surface area contributed by atoms with Gasteiger partial charge < -0.3 is 25.1 Å². The minimum Gasteiger partial charge on any atom is -0.505 e. The van der Waals surface area contributed by atoms with Crippen molar-refractivity contribution < 1.29 is 14.3 Å². The molecule has 1 aliphatic heterocycles. The molecule has 3 N–H and O–H groups in total. The van der Waals surface area contributed by atoms with Crippen molar-refractivity contribution in [2.75, 3.05) is 31.4 Å². The number of phenolic OH excluding ortho intramolecular Hbond substituents is 1. The van der Waals surface area contributed by atoms with Gasteiger partial charge >= 0.3 is 0 Å². The van der Waals surface area contributed by atoms with E-state index < -0.39 is 0 Å². The second-order valence-electron chi connectivity index (χ2n) is 7.72. The minimum absolute atomic E-state index is 0.144. The van der Waals surface area contributed by atoms with Crippen LogP contribution >= 0.6 is 15.9 Å². The first-order chi connectivity index (χ1) is 15.8. The Morgan fingerprint density at radius 3 is 2.48 bits per heavy atom. The van der Waals surface area contributed by atoms with Crippen LogP contribution < -0.4 is 21.6 Å². The molecule has 10 nitrogen and oxygen atoms in total. The predicted molar refractivity (Wildman–Crippen MR) is 126 cm³/mol. The summed E-state index contributed by atoms with van der Waals surface area (Å²) in [6, 6.07) is 7.01. The average Bonchev–Trinajstić information content (AvgIpc) is 3.42. The Bertz CT molecular complexity index is 1340. The molecule has 3 aromatic rings. The molecule has 1 atom stereocenters. The molecule has 0 saturated carbocycles. The molecule has 11 heteroatoms. The molecule has 0 spiro atoms. The van der Waals surface area contributed by atoms with Crippen LogP contribution in [0.3, 0.4) is 0 Å². The third kappa shape index (κ3) is 4.54. The summed E-state index contributed by atoms with van der Waals surface area (Å²) < 4.78 is 6.28. The van der Waals surface area contributed by atoms with Gasteiger partial charge in [-0.15, -0.1) is 0 Å². The van der Waals surface area contributed by atoms with Crippen molar-refractivity contribution in [2.24, 2.45) is 9.98 Å². The monoisotopic (exact) mass is 513 g/mol. The number of carbonyl (C=O) groups excluding carboxylic acids is 1. The number of fused-ring (bicyclic) bond motifs is 1. The van der Waals surface area contributed by atoms with Gasteiger partial charge in [0, 0.05) is 18.6 Å². The van der Waals surface area contributed by atoms with Crippen molar-refractivity contribution in [1.29, 1.82) is 0 Å². The van der Waals surface area contributed by atoms with E-state index in [1.807, 2.05) is 26.0 Å². The number of hydrogen-bond acceptors (Lipinski definition) is 9. The van der Waals surface area contributed by atoms with E-state index in [2.05, 4.69) is 46.5 Å². The third-order valence-electron chi connectivity index (χ3n) is 5.12. The summed E-state index contributed by atoms with van der Waals surface area (Å²) in [7, 11) is 3.24. The first-order valence-electron chi connectivity index (χ1n) is 10.4. The molecule has 33 heavy (non-hydrogen) atoms. The summed E-state index contributed by atoms with van der Waals surface area (Å²) in [6.45, 7) is 4.18. The zero-order chi connectivity index (χ0) is 23.7. The molecule has 4 rings (SSSR count). The van der Waals surface area contributed by atoms with Gasteiger partial charge in [0.2, 0.25) is 0 Å². The lowest BCUT2D eigenvalue weighted by Crippen LogP contribution is -2.31. The van der Waals surface area contributed by atoms with Gasteiger partial charge in [0.1, 0.15) is 18.2 Å². The number of phenols is 1. The van der Waals surface area contributed by atoms with Gasteiger partial charge in [-0.1, -0.05) is 6.92 Å². The smallest absolute Gasteiger partial charge is 0.258 e. The van der Waals surface area contributed by atoms with E-state index >= 15 is 0 Å². The van der Waals surface area contributed by atoms with Crippen LogP contribution in [-0.4, -0.2) is 46.6 Å². The number of nitrogens with zero attached hydrogens (tertiary/aromatic N) is 5. The van der Waals surface area contributed by atoms with Crippen molar-refractivity contribution in [3.63, 3.8) is 0 Å². The van der Waals surface area contributed by atoms with E-state index in [1.54, 1.807) is 26.2 Å². The highest BCUT2D eigenvalue weighted by molar-refractivity contribution is 9.10. The van der Waals surface area contributed by atoms with Crippen LogP contribution in [0.2, 0.25) is 0 Å². The third-order valence-corrected chi connectivity index (χ3v) is 5.79. The minimum atomic E-state index is -0.338. The molecular weight excluding hydrogens is 490 g/mol. The maximum atomic E-state index is 12.6. The number of furan rings is 1. The molecule has 1 amide bonds. The summed E-state index contributed by atoms with van der Waals surface area (Å²) in [5.41, 5.74) is 1.30. The van der Waals surface area contributed by atoms with Crippen LogP contribution in [0.25, 0.3) is 0 Å². The Morgan fingerprint density at radius 1 is 1.18 bits per heavy atom. The van der Waals surface area contributed by atoms with Gasteiger partial charge in [-0.25, -0.2) is 20.0 Å². The Hall–Kier alpha value is -3.47. The van der Waals surface area contributed by atoms with Crippen molar-refractivity contribution in [3.05, 3.63) is 56.8 Å². The van der Waals surface area contributed by atoms with Crippen molar-refractivity contribution in [3.8, 4) is 5.75 Å². The first kappa shape index (κ1) is 22.7. The number of rotatable bonds is 7. The summed E-state index contributed by atoms with van der Waals surface area (Å²) in [4.78, 5) is 31.7. The quantitative estimate of drug-likeness (QED) is 0.414. The number of aromatic nitrogens is 2. The molecule has 172 valence electrons. The second kappa shape index (κ2) is 9.18. The largest absolute Gasteiger partial charge is 0.505 e. The van der Waals surface area contributed by atoms with Crippen LogP contribution in [0.15, 0.2) is 43.1 Å². The van der Waals surface area contributed by atoms with Crippen LogP contribution in [0.1, 0.15) is 41.3 Å². The Labute approximate surface area is 198 Å². The van der Waals surface area contributed by atoms with E-state index in [9.17, 15) is 9.90 Å². The fourth-order valence-corrected chi connectivity index (χ4v) is 3.88. The van der Waals surface area contributed by atoms with E-state index in [1.165, 1.54) is 4.90 Å². The lowest BCUT2D eigenvalue weighted by atomic mass is 10.1. The standard InChI is InChI=1S/C22H24BrN7O3/c1-5-13(15-9-6-11(2)33-15)26-20-21(29-19-18(28-20)24-10-25-19)27-14-8-7-12(23)16(17(14)31)22(32)30(3)4/h6-9,13,31H,5,10H2,1-4H3,(H,24,26,28)(H,25,27,29)/t13-/m1/s1. The number of benzene rings is 1. The number of anilines is 3. The number of aromatic hydroxyl groups is 1. The Kier molecular flexibility index (Phi) is 6.32. The highest BCUT2D eigenvalue weighted by Gasteiger charge is 2.22. The summed E-state index contributed by atoms with van der Waals surface area (Å²) >= 11 is 3.35. The Balaban J connectivity index is 1.75. The molecular formula is C22H24BrN7O3.